The molecule has 1 aromatic rings. The average Bonchev–Trinajstić information content (AvgIpc) is 3.04. The molecule has 3 atom stereocenters. The van der Waals surface area contributed by atoms with Gasteiger partial charge in [-0.15, -0.1) is 0 Å². The van der Waals surface area contributed by atoms with Crippen molar-refractivity contribution in [2.75, 3.05) is 6.54 Å². The van der Waals surface area contributed by atoms with Crippen molar-refractivity contribution in [1.29, 1.82) is 0 Å². The summed E-state index contributed by atoms with van der Waals surface area (Å²) in [6, 6.07) is 7.92. The largest absolute Gasteiger partial charge is 0.480 e. The van der Waals surface area contributed by atoms with Crippen LogP contribution in [-0.2, 0) is 20.8 Å². The fourth-order valence-corrected chi connectivity index (χ4v) is 3.12. The van der Waals surface area contributed by atoms with E-state index in [1.54, 1.807) is 6.92 Å². The van der Waals surface area contributed by atoms with Crippen molar-refractivity contribution in [2.45, 2.75) is 43.5 Å². The normalized spacial score (nSPS) is 19.6. The summed E-state index contributed by atoms with van der Waals surface area (Å²) < 4.78 is 0. The number of likely N-dealkylation sites (tertiary alicyclic amines) is 1. The summed E-state index contributed by atoms with van der Waals surface area (Å²) in [7, 11) is 0. The minimum atomic E-state index is -1.00. The molecular weight excluding hydrogens is 328 g/mol. The molecule has 2 N–H and O–H groups in total. The Morgan fingerprint density at radius 1 is 1.33 bits per heavy atom. The van der Waals surface area contributed by atoms with Gasteiger partial charge in [-0.25, -0.2) is 4.79 Å². The lowest BCUT2D eigenvalue weighted by molar-refractivity contribution is -0.149. The van der Waals surface area contributed by atoms with Crippen molar-refractivity contribution in [3.05, 3.63) is 35.9 Å². The Morgan fingerprint density at radius 3 is 2.62 bits per heavy atom. The van der Waals surface area contributed by atoms with Gasteiger partial charge in [-0.3, -0.25) is 9.59 Å². The molecule has 2 amide bonds. The number of benzene rings is 1. The van der Waals surface area contributed by atoms with Crippen LogP contribution in [0.4, 0.5) is 0 Å². The quantitative estimate of drug-likeness (QED) is 0.671. The highest BCUT2D eigenvalue weighted by Gasteiger charge is 2.36. The summed E-state index contributed by atoms with van der Waals surface area (Å²) in [6.45, 7) is 1.98. The molecule has 6 nitrogen and oxygen atoms in total. The second kappa shape index (κ2) is 8.19. The third kappa shape index (κ3) is 4.50. The first-order valence-corrected chi connectivity index (χ1v) is 8.47. The zero-order chi connectivity index (χ0) is 17.7. The molecule has 7 heteroatoms. The molecule has 24 heavy (non-hydrogen) atoms. The third-order valence-corrected chi connectivity index (χ3v) is 4.54. The minimum Gasteiger partial charge on any atom is -0.480 e. The Labute approximate surface area is 146 Å². The zero-order valence-electron chi connectivity index (χ0n) is 13.5. The first-order chi connectivity index (χ1) is 11.4. The van der Waals surface area contributed by atoms with Crippen LogP contribution in [0.5, 0.6) is 0 Å². The van der Waals surface area contributed by atoms with E-state index in [9.17, 15) is 14.4 Å². The van der Waals surface area contributed by atoms with E-state index in [0.717, 1.165) is 5.56 Å². The maximum Gasteiger partial charge on any atom is 0.326 e. The van der Waals surface area contributed by atoms with E-state index in [-0.39, 0.29) is 11.8 Å². The van der Waals surface area contributed by atoms with Gasteiger partial charge in [0.05, 0.1) is 5.25 Å². The van der Waals surface area contributed by atoms with Crippen LogP contribution in [-0.4, -0.2) is 51.7 Å². The van der Waals surface area contributed by atoms with Gasteiger partial charge in [0, 0.05) is 6.54 Å². The van der Waals surface area contributed by atoms with Crippen LogP contribution in [0.3, 0.4) is 0 Å². The number of carboxylic acid groups (broad SMARTS) is 1. The number of thiol groups is 1. The van der Waals surface area contributed by atoms with E-state index in [2.05, 4.69) is 17.9 Å². The number of rotatable bonds is 6. The van der Waals surface area contributed by atoms with Gasteiger partial charge in [0.25, 0.3) is 0 Å². The van der Waals surface area contributed by atoms with Gasteiger partial charge < -0.3 is 15.3 Å². The maximum absolute atomic E-state index is 12.4. The third-order valence-electron chi connectivity index (χ3n) is 4.12. The number of carbonyl (C=O) groups excluding carboxylic acids is 2. The highest BCUT2D eigenvalue weighted by molar-refractivity contribution is 7.81. The molecule has 0 aliphatic carbocycles. The first-order valence-electron chi connectivity index (χ1n) is 7.95. The summed E-state index contributed by atoms with van der Waals surface area (Å²) in [4.78, 5) is 37.1. The van der Waals surface area contributed by atoms with Gasteiger partial charge in [0.1, 0.15) is 12.1 Å². The molecule has 1 saturated heterocycles. The molecule has 1 heterocycles. The summed E-state index contributed by atoms with van der Waals surface area (Å²) in [5.74, 6) is -1.71. The van der Waals surface area contributed by atoms with Crippen LogP contribution in [0.25, 0.3) is 0 Å². The number of carboxylic acids is 1. The molecule has 0 radical (unpaired) electrons. The van der Waals surface area contributed by atoms with Crippen LogP contribution >= 0.6 is 12.6 Å². The predicted octanol–water partition coefficient (Wildman–Crippen LogP) is 1.11. The van der Waals surface area contributed by atoms with Crippen molar-refractivity contribution in [3.63, 3.8) is 0 Å². The summed E-state index contributed by atoms with van der Waals surface area (Å²) in [5.41, 5.74) is 0.983. The summed E-state index contributed by atoms with van der Waals surface area (Å²) >= 11 is 4.31. The predicted molar refractivity (Wildman–Crippen MR) is 92.9 cm³/mol. The van der Waals surface area contributed by atoms with Crippen LogP contribution < -0.4 is 5.32 Å². The highest BCUT2D eigenvalue weighted by atomic mass is 32.1. The summed E-state index contributed by atoms with van der Waals surface area (Å²) in [5, 5.41) is 11.2. The molecule has 2 rings (SSSR count). The van der Waals surface area contributed by atoms with Crippen molar-refractivity contribution < 1.29 is 19.5 Å². The Bertz CT molecular complexity index is 608. The Hall–Kier alpha value is -2.02. The molecule has 130 valence electrons. The molecule has 1 aromatic carbocycles. The molecule has 0 aromatic heterocycles. The van der Waals surface area contributed by atoms with Crippen LogP contribution in [0.2, 0.25) is 0 Å². The van der Waals surface area contributed by atoms with Crippen molar-refractivity contribution in [3.8, 4) is 0 Å². The second-order valence-corrected chi connectivity index (χ2v) is 6.59. The molecular formula is C17H22N2O4S. The number of amides is 2. The van der Waals surface area contributed by atoms with E-state index in [1.807, 2.05) is 30.3 Å². The van der Waals surface area contributed by atoms with Crippen molar-refractivity contribution in [1.82, 2.24) is 10.2 Å². The summed E-state index contributed by atoms with van der Waals surface area (Å²) in [6.07, 6.45) is 1.57. The molecule has 0 spiro atoms. The smallest absolute Gasteiger partial charge is 0.326 e. The van der Waals surface area contributed by atoms with E-state index in [4.69, 9.17) is 5.11 Å². The van der Waals surface area contributed by atoms with Crippen LogP contribution in [0.1, 0.15) is 25.3 Å². The lowest BCUT2D eigenvalue weighted by Crippen LogP contribution is -2.51. The lowest BCUT2D eigenvalue weighted by Gasteiger charge is -2.26. The van der Waals surface area contributed by atoms with E-state index in [1.165, 1.54) is 4.90 Å². The topological polar surface area (TPSA) is 86.7 Å². The molecule has 1 aliphatic rings. The first kappa shape index (κ1) is 18.3. The number of hydrogen-bond donors (Lipinski definition) is 3. The van der Waals surface area contributed by atoms with Gasteiger partial charge in [-0.05, 0) is 31.7 Å². The lowest BCUT2D eigenvalue weighted by atomic mass is 10.1. The van der Waals surface area contributed by atoms with E-state index >= 15 is 0 Å². The number of nitrogens with zero attached hydrogens (tertiary/aromatic N) is 1. The number of carbonyl (C=O) groups is 3. The number of aliphatic carboxylic acids is 1. The van der Waals surface area contributed by atoms with Gasteiger partial charge in [-0.1, -0.05) is 30.3 Å². The molecule has 0 bridgehead atoms. The molecule has 1 unspecified atom stereocenters. The van der Waals surface area contributed by atoms with Crippen LogP contribution in [0, 0.1) is 0 Å². The zero-order valence-corrected chi connectivity index (χ0v) is 14.4. The standard InChI is InChI=1S/C17H22N2O4S/c1-11(16(21)19-9-5-8-13(19)17(22)23)18-15(20)14(24)10-12-6-3-2-4-7-12/h2-4,6-7,11,13-14,24H,5,8-10H2,1H3,(H,18,20)(H,22,23)/t11-,13-,14?/m0/s1. The Kier molecular flexibility index (Phi) is 6.25. The molecule has 0 saturated carbocycles. The maximum atomic E-state index is 12.4. The van der Waals surface area contributed by atoms with Gasteiger partial charge in [0.15, 0.2) is 0 Å². The van der Waals surface area contributed by atoms with Gasteiger partial charge in [-0.2, -0.15) is 12.6 Å². The fourth-order valence-electron chi connectivity index (χ4n) is 2.84. The Balaban J connectivity index is 1.90. The number of hydrogen-bond acceptors (Lipinski definition) is 4. The SMILES string of the molecule is C[C@H](NC(=O)C(S)Cc1ccccc1)C(=O)N1CCC[C@H]1C(=O)O. The van der Waals surface area contributed by atoms with Crippen LogP contribution in [0.15, 0.2) is 30.3 Å². The number of nitrogens with one attached hydrogen (secondary N) is 1. The minimum absolute atomic E-state index is 0.339. The fraction of sp³-hybridized carbons (Fsp3) is 0.471. The average molecular weight is 350 g/mol. The van der Waals surface area contributed by atoms with Crippen molar-refractivity contribution >= 4 is 30.4 Å². The Morgan fingerprint density at radius 2 is 2.00 bits per heavy atom. The highest BCUT2D eigenvalue weighted by Crippen LogP contribution is 2.18. The molecule has 1 fully saturated rings. The van der Waals surface area contributed by atoms with E-state index < -0.39 is 23.3 Å². The second-order valence-electron chi connectivity index (χ2n) is 5.96. The van der Waals surface area contributed by atoms with Gasteiger partial charge in [0.2, 0.25) is 11.8 Å². The van der Waals surface area contributed by atoms with E-state index in [0.29, 0.717) is 25.8 Å². The van der Waals surface area contributed by atoms with Crippen molar-refractivity contribution in [2.24, 2.45) is 0 Å². The molecule has 1 aliphatic heterocycles. The monoisotopic (exact) mass is 350 g/mol. The van der Waals surface area contributed by atoms with Gasteiger partial charge >= 0.3 is 5.97 Å².